The molecule has 0 radical (unpaired) electrons. The van der Waals surface area contributed by atoms with Crippen LogP contribution < -0.4 is 4.74 Å². The molecule has 3 rings (SSSR count). The van der Waals surface area contributed by atoms with E-state index in [0.717, 1.165) is 15.1 Å². The van der Waals surface area contributed by atoms with Gasteiger partial charge in [-0.2, -0.15) is 0 Å². The van der Waals surface area contributed by atoms with Gasteiger partial charge in [0.25, 0.3) is 5.91 Å². The van der Waals surface area contributed by atoms with Crippen LogP contribution in [-0.4, -0.2) is 17.4 Å². The summed E-state index contributed by atoms with van der Waals surface area (Å²) in [6.45, 7) is 0.809. The van der Waals surface area contributed by atoms with Gasteiger partial charge >= 0.3 is 0 Å². The number of hydrogen-bond acceptors (Lipinski definition) is 4. The second-order valence-electron chi connectivity index (χ2n) is 5.27. The summed E-state index contributed by atoms with van der Waals surface area (Å²) in [6.07, 6.45) is 1.60. The van der Waals surface area contributed by atoms with Gasteiger partial charge in [0.15, 0.2) is 6.61 Å². The maximum absolute atomic E-state index is 12.7. The predicted molar refractivity (Wildman–Crippen MR) is 102 cm³/mol. The smallest absolute Gasteiger partial charge is 0.261 e. The summed E-state index contributed by atoms with van der Waals surface area (Å²) in [5, 5.41) is 2.45. The lowest BCUT2D eigenvalue weighted by molar-refractivity contribution is -0.134. The van der Waals surface area contributed by atoms with Crippen LogP contribution in [0.1, 0.15) is 10.6 Å². The number of furan rings is 1. The van der Waals surface area contributed by atoms with Crippen molar-refractivity contribution < 1.29 is 13.9 Å². The highest BCUT2D eigenvalue weighted by Gasteiger charge is 2.17. The van der Waals surface area contributed by atoms with E-state index >= 15 is 0 Å². The highest BCUT2D eigenvalue weighted by molar-refractivity contribution is 9.10. The minimum absolute atomic E-state index is 0.0898. The van der Waals surface area contributed by atoms with Crippen LogP contribution in [0.2, 0.25) is 5.02 Å². The Balaban J connectivity index is 1.67. The second-order valence-corrected chi connectivity index (χ2v) is 7.63. The molecule has 3 aromatic rings. The zero-order valence-corrected chi connectivity index (χ0v) is 16.3. The molecule has 0 N–H and O–H groups in total. The zero-order chi connectivity index (χ0) is 17.6. The standard InChI is InChI=1S/C18H15BrClNO3S/c19-13-5-6-17(16(20)9-13)24-12-18(22)21(10-14-3-1-7-23-14)11-15-4-2-8-25-15/h1-9H,10-12H2. The van der Waals surface area contributed by atoms with Crippen LogP contribution >= 0.6 is 38.9 Å². The summed E-state index contributed by atoms with van der Waals surface area (Å²) < 4.78 is 11.8. The van der Waals surface area contributed by atoms with E-state index in [1.165, 1.54) is 0 Å². The number of ether oxygens (including phenoxy) is 1. The quantitative estimate of drug-likeness (QED) is 0.496. The predicted octanol–water partition coefficient (Wildman–Crippen LogP) is 5.36. The molecule has 0 atom stereocenters. The first kappa shape index (κ1) is 18.0. The van der Waals surface area contributed by atoms with Crippen molar-refractivity contribution in [3.8, 4) is 5.75 Å². The van der Waals surface area contributed by atoms with Gasteiger partial charge in [-0.25, -0.2) is 0 Å². The number of halogens is 2. The van der Waals surface area contributed by atoms with E-state index in [9.17, 15) is 4.79 Å². The molecule has 4 nitrogen and oxygen atoms in total. The average molecular weight is 441 g/mol. The fourth-order valence-corrected chi connectivity index (χ4v) is 3.68. The third kappa shape index (κ3) is 5.11. The van der Waals surface area contributed by atoms with Crippen molar-refractivity contribution in [1.29, 1.82) is 0 Å². The molecule has 2 aromatic heterocycles. The summed E-state index contributed by atoms with van der Waals surface area (Å²) in [5.74, 6) is 1.07. The Labute approximate surface area is 163 Å². The number of rotatable bonds is 7. The lowest BCUT2D eigenvalue weighted by Crippen LogP contribution is -2.33. The molecule has 0 aliphatic heterocycles. The number of benzene rings is 1. The van der Waals surface area contributed by atoms with Gasteiger partial charge in [0.2, 0.25) is 0 Å². The van der Waals surface area contributed by atoms with Crippen molar-refractivity contribution in [2.24, 2.45) is 0 Å². The molecule has 0 unspecified atom stereocenters. The normalized spacial score (nSPS) is 10.6. The van der Waals surface area contributed by atoms with E-state index < -0.39 is 0 Å². The highest BCUT2D eigenvalue weighted by atomic mass is 79.9. The number of hydrogen-bond donors (Lipinski definition) is 0. The molecule has 0 saturated heterocycles. The summed E-state index contributed by atoms with van der Waals surface area (Å²) in [7, 11) is 0. The monoisotopic (exact) mass is 439 g/mol. The van der Waals surface area contributed by atoms with E-state index in [4.69, 9.17) is 20.8 Å². The van der Waals surface area contributed by atoms with Crippen LogP contribution in [0.25, 0.3) is 0 Å². The van der Waals surface area contributed by atoms with Gasteiger partial charge in [0.1, 0.15) is 11.5 Å². The first-order chi connectivity index (χ1) is 12.1. The lowest BCUT2D eigenvalue weighted by atomic mass is 10.3. The molecule has 2 heterocycles. The minimum Gasteiger partial charge on any atom is -0.482 e. The van der Waals surface area contributed by atoms with Crippen molar-refractivity contribution in [3.05, 3.63) is 74.2 Å². The minimum atomic E-state index is -0.135. The summed E-state index contributed by atoms with van der Waals surface area (Å²) in [6, 6.07) is 12.9. The Bertz CT molecular complexity index is 785. The van der Waals surface area contributed by atoms with Crippen LogP contribution in [0.4, 0.5) is 0 Å². The van der Waals surface area contributed by atoms with Crippen molar-refractivity contribution in [3.63, 3.8) is 0 Å². The molecule has 7 heteroatoms. The van der Waals surface area contributed by atoms with Crippen molar-refractivity contribution in [2.75, 3.05) is 6.61 Å². The Morgan fingerprint density at radius 1 is 1.24 bits per heavy atom. The van der Waals surface area contributed by atoms with E-state index in [1.807, 2.05) is 29.6 Å². The fourth-order valence-electron chi connectivity index (χ4n) is 2.24. The van der Waals surface area contributed by atoms with Crippen molar-refractivity contribution in [2.45, 2.75) is 13.1 Å². The average Bonchev–Trinajstić information content (AvgIpc) is 3.27. The molecular formula is C18H15BrClNO3S. The number of amides is 1. The molecule has 25 heavy (non-hydrogen) atoms. The van der Waals surface area contributed by atoms with Crippen LogP contribution in [-0.2, 0) is 17.9 Å². The van der Waals surface area contributed by atoms with Gasteiger partial charge in [-0.1, -0.05) is 33.6 Å². The SMILES string of the molecule is O=C(COc1ccc(Br)cc1Cl)N(Cc1ccco1)Cc1cccs1. The van der Waals surface area contributed by atoms with Gasteiger partial charge in [-0.15, -0.1) is 11.3 Å². The molecule has 1 amide bonds. The number of thiophene rings is 1. The number of carbonyl (C=O) groups excluding carboxylic acids is 1. The lowest BCUT2D eigenvalue weighted by Gasteiger charge is -2.21. The second kappa shape index (κ2) is 8.56. The largest absolute Gasteiger partial charge is 0.482 e. The van der Waals surface area contributed by atoms with Crippen LogP contribution in [0.5, 0.6) is 5.75 Å². The van der Waals surface area contributed by atoms with Gasteiger partial charge in [0, 0.05) is 9.35 Å². The molecular weight excluding hydrogens is 426 g/mol. The summed E-state index contributed by atoms with van der Waals surface area (Å²) >= 11 is 11.1. The molecule has 0 fully saturated rings. The van der Waals surface area contributed by atoms with E-state index in [2.05, 4.69) is 15.9 Å². The number of nitrogens with zero attached hydrogens (tertiary/aromatic N) is 1. The first-order valence-corrected chi connectivity index (χ1v) is 9.57. The fraction of sp³-hybridized carbons (Fsp3) is 0.167. The van der Waals surface area contributed by atoms with Gasteiger partial charge in [0.05, 0.1) is 24.4 Å². The molecule has 0 aliphatic carbocycles. The van der Waals surface area contributed by atoms with Gasteiger partial charge in [-0.05, 0) is 41.8 Å². The van der Waals surface area contributed by atoms with E-state index in [0.29, 0.717) is 23.9 Å². The topological polar surface area (TPSA) is 42.7 Å². The molecule has 0 saturated carbocycles. The third-order valence-electron chi connectivity index (χ3n) is 3.45. The van der Waals surface area contributed by atoms with Crippen LogP contribution in [0, 0.1) is 0 Å². The zero-order valence-electron chi connectivity index (χ0n) is 13.2. The van der Waals surface area contributed by atoms with Crippen LogP contribution in [0.15, 0.2) is 63.0 Å². The van der Waals surface area contributed by atoms with Crippen molar-refractivity contribution >= 4 is 44.8 Å². The molecule has 1 aromatic carbocycles. The molecule has 0 spiro atoms. The first-order valence-electron chi connectivity index (χ1n) is 7.52. The van der Waals surface area contributed by atoms with Gasteiger partial charge in [-0.3, -0.25) is 4.79 Å². The Kier molecular flexibility index (Phi) is 6.18. The Morgan fingerprint density at radius 2 is 2.12 bits per heavy atom. The maximum atomic E-state index is 12.7. The van der Waals surface area contributed by atoms with Gasteiger partial charge < -0.3 is 14.1 Å². The maximum Gasteiger partial charge on any atom is 0.261 e. The van der Waals surface area contributed by atoms with E-state index in [1.54, 1.807) is 40.7 Å². The number of carbonyl (C=O) groups is 1. The molecule has 0 aliphatic rings. The van der Waals surface area contributed by atoms with Crippen molar-refractivity contribution in [1.82, 2.24) is 4.90 Å². The summed E-state index contributed by atoms with van der Waals surface area (Å²) in [4.78, 5) is 15.5. The van der Waals surface area contributed by atoms with Crippen LogP contribution in [0.3, 0.4) is 0 Å². The highest BCUT2D eigenvalue weighted by Crippen LogP contribution is 2.27. The Hall–Kier alpha value is -1.76. The van der Waals surface area contributed by atoms with E-state index in [-0.39, 0.29) is 12.5 Å². The third-order valence-corrected chi connectivity index (χ3v) is 5.10. The summed E-state index contributed by atoms with van der Waals surface area (Å²) in [5.41, 5.74) is 0. The molecule has 0 bridgehead atoms. The Morgan fingerprint density at radius 3 is 2.80 bits per heavy atom. The molecule has 130 valence electrons.